The number of Topliss-reactive ketones (excluding diaryl/α,β-unsaturated/α-hetero) is 1. The molecule has 8 heteroatoms. The summed E-state index contributed by atoms with van der Waals surface area (Å²) in [5.41, 5.74) is 6.73. The van der Waals surface area contributed by atoms with Gasteiger partial charge in [0.05, 0.1) is 12.8 Å². The van der Waals surface area contributed by atoms with Gasteiger partial charge in [-0.15, -0.1) is 11.3 Å². The zero-order chi connectivity index (χ0) is 20.5. The number of carbonyl (C=O) groups excluding carboxylic acids is 3. The van der Waals surface area contributed by atoms with Gasteiger partial charge >= 0.3 is 0 Å². The fraction of sp³-hybridized carbons (Fsp3) is 0.400. The van der Waals surface area contributed by atoms with Crippen LogP contribution >= 0.6 is 11.3 Å². The van der Waals surface area contributed by atoms with Crippen molar-refractivity contribution < 1.29 is 19.1 Å². The number of ketones is 1. The number of rotatable bonds is 11. The fourth-order valence-electron chi connectivity index (χ4n) is 2.63. The average Bonchev–Trinajstić information content (AvgIpc) is 3.19. The van der Waals surface area contributed by atoms with E-state index in [1.165, 1.54) is 16.2 Å². The Balaban J connectivity index is 1.86. The summed E-state index contributed by atoms with van der Waals surface area (Å²) < 4.78 is 5.14. The molecule has 0 fully saturated rings. The monoisotopic (exact) mass is 403 g/mol. The molecule has 7 nitrogen and oxygen atoms in total. The Morgan fingerprint density at radius 2 is 1.71 bits per heavy atom. The number of likely N-dealkylation sites (N-methyl/N-ethyl adjacent to an activating group) is 1. The summed E-state index contributed by atoms with van der Waals surface area (Å²) in [5, 5.41) is 2.33. The molecule has 0 saturated heterocycles. The number of thiazole rings is 1. The van der Waals surface area contributed by atoms with Crippen molar-refractivity contribution in [3.8, 4) is 17.0 Å². The predicted molar refractivity (Wildman–Crippen MR) is 109 cm³/mol. The number of aromatic nitrogens is 1. The first-order valence-electron chi connectivity index (χ1n) is 9.11. The molecular weight excluding hydrogens is 378 g/mol. The topological polar surface area (TPSA) is 103 Å². The molecule has 28 heavy (non-hydrogen) atoms. The van der Waals surface area contributed by atoms with Gasteiger partial charge in [0.15, 0.2) is 5.13 Å². The SMILES string of the molecule is COc1ccc(-c2csc(N(C)C(=O)C(=O)CCCCCCC(N)=O)n2)cc1. The van der Waals surface area contributed by atoms with Gasteiger partial charge in [-0.2, -0.15) is 0 Å². The molecular formula is C20H25N3O4S. The third-order valence-electron chi connectivity index (χ3n) is 4.28. The molecule has 0 radical (unpaired) electrons. The van der Waals surface area contributed by atoms with Crippen molar-refractivity contribution >= 4 is 34.1 Å². The van der Waals surface area contributed by atoms with Crippen LogP contribution in [-0.2, 0) is 14.4 Å². The summed E-state index contributed by atoms with van der Waals surface area (Å²) in [6, 6.07) is 7.47. The predicted octanol–water partition coefficient (Wildman–Crippen LogP) is 3.18. The molecule has 2 aromatic rings. The lowest BCUT2D eigenvalue weighted by Gasteiger charge is -2.12. The zero-order valence-corrected chi connectivity index (χ0v) is 17.0. The number of hydrogen-bond acceptors (Lipinski definition) is 6. The van der Waals surface area contributed by atoms with E-state index in [4.69, 9.17) is 10.5 Å². The number of hydrogen-bond donors (Lipinski definition) is 1. The van der Waals surface area contributed by atoms with Crippen molar-refractivity contribution in [3.05, 3.63) is 29.6 Å². The quantitative estimate of drug-likeness (QED) is 0.458. The number of carbonyl (C=O) groups is 3. The molecule has 0 atom stereocenters. The first kappa shape index (κ1) is 21.6. The smallest absolute Gasteiger partial charge is 0.295 e. The number of anilines is 1. The maximum atomic E-state index is 12.3. The van der Waals surface area contributed by atoms with Crippen LogP contribution in [0.5, 0.6) is 5.75 Å². The average molecular weight is 404 g/mol. The Hall–Kier alpha value is -2.74. The summed E-state index contributed by atoms with van der Waals surface area (Å²) in [4.78, 5) is 40.9. The largest absolute Gasteiger partial charge is 0.497 e. The number of methoxy groups -OCH3 is 1. The Kier molecular flexibility index (Phi) is 8.13. The molecule has 2 N–H and O–H groups in total. The summed E-state index contributed by atoms with van der Waals surface area (Å²) in [7, 11) is 3.17. The van der Waals surface area contributed by atoms with Crippen LogP contribution in [0.25, 0.3) is 11.3 Å². The molecule has 1 aromatic heterocycles. The van der Waals surface area contributed by atoms with E-state index in [9.17, 15) is 14.4 Å². The van der Waals surface area contributed by atoms with Crippen molar-refractivity contribution in [1.29, 1.82) is 0 Å². The van der Waals surface area contributed by atoms with Crippen molar-refractivity contribution in [2.24, 2.45) is 5.73 Å². The molecule has 1 heterocycles. The summed E-state index contributed by atoms with van der Waals surface area (Å²) in [6.07, 6.45) is 3.48. The number of primary amides is 1. The van der Waals surface area contributed by atoms with Gasteiger partial charge in [-0.05, 0) is 37.1 Å². The van der Waals surface area contributed by atoms with Crippen LogP contribution in [0.4, 0.5) is 5.13 Å². The van der Waals surface area contributed by atoms with Gasteiger partial charge in [0.2, 0.25) is 11.7 Å². The van der Waals surface area contributed by atoms with Gasteiger partial charge in [-0.25, -0.2) is 4.98 Å². The maximum Gasteiger partial charge on any atom is 0.295 e. The third kappa shape index (κ3) is 6.16. The maximum absolute atomic E-state index is 12.3. The summed E-state index contributed by atoms with van der Waals surface area (Å²) in [5.74, 6) is -0.552. The highest BCUT2D eigenvalue weighted by Crippen LogP contribution is 2.28. The van der Waals surface area contributed by atoms with Crippen LogP contribution in [-0.4, -0.2) is 36.7 Å². The molecule has 0 aliphatic carbocycles. The first-order valence-corrected chi connectivity index (χ1v) is 9.99. The van der Waals surface area contributed by atoms with Crippen molar-refractivity contribution in [3.63, 3.8) is 0 Å². The molecule has 150 valence electrons. The second-order valence-corrected chi connectivity index (χ2v) is 7.25. The van der Waals surface area contributed by atoms with Crippen molar-refractivity contribution in [2.45, 2.75) is 38.5 Å². The lowest BCUT2D eigenvalue weighted by atomic mass is 10.1. The Morgan fingerprint density at radius 1 is 1.07 bits per heavy atom. The molecule has 0 saturated carbocycles. The van der Waals surface area contributed by atoms with Crippen LogP contribution < -0.4 is 15.4 Å². The van der Waals surface area contributed by atoms with Gasteiger partial charge in [0.1, 0.15) is 5.75 Å². The van der Waals surface area contributed by atoms with Crippen LogP contribution in [0.2, 0.25) is 0 Å². The highest BCUT2D eigenvalue weighted by Gasteiger charge is 2.21. The van der Waals surface area contributed by atoms with Gasteiger partial charge in [0, 0.05) is 30.8 Å². The summed E-state index contributed by atoms with van der Waals surface area (Å²) in [6.45, 7) is 0. The van der Waals surface area contributed by atoms with E-state index in [-0.39, 0.29) is 12.3 Å². The molecule has 2 rings (SSSR count). The van der Waals surface area contributed by atoms with Crippen LogP contribution in [0.3, 0.4) is 0 Å². The van der Waals surface area contributed by atoms with Crippen LogP contribution in [0.1, 0.15) is 38.5 Å². The van der Waals surface area contributed by atoms with E-state index < -0.39 is 11.7 Å². The van der Waals surface area contributed by atoms with Crippen LogP contribution in [0.15, 0.2) is 29.6 Å². The minimum Gasteiger partial charge on any atom is -0.497 e. The van der Waals surface area contributed by atoms with Gasteiger partial charge in [-0.3, -0.25) is 19.3 Å². The number of nitrogens with zero attached hydrogens (tertiary/aromatic N) is 2. The van der Waals surface area contributed by atoms with E-state index in [1.807, 2.05) is 29.6 Å². The molecule has 1 aromatic carbocycles. The number of ether oxygens (including phenoxy) is 1. The number of benzene rings is 1. The second-order valence-electron chi connectivity index (χ2n) is 6.41. The Morgan fingerprint density at radius 3 is 2.32 bits per heavy atom. The van der Waals surface area contributed by atoms with E-state index in [0.29, 0.717) is 24.4 Å². The molecule has 0 aliphatic heterocycles. The highest BCUT2D eigenvalue weighted by atomic mass is 32.1. The molecule has 0 spiro atoms. The Bertz CT molecular complexity index is 817. The first-order chi connectivity index (χ1) is 13.4. The minimum absolute atomic E-state index is 0.191. The molecule has 2 amide bonds. The Labute approximate surface area is 168 Å². The number of unbranched alkanes of at least 4 members (excludes halogenated alkanes) is 3. The lowest BCUT2D eigenvalue weighted by Crippen LogP contribution is -2.33. The number of nitrogens with two attached hydrogens (primary N) is 1. The highest BCUT2D eigenvalue weighted by molar-refractivity contribution is 7.14. The van der Waals surface area contributed by atoms with Crippen LogP contribution in [0, 0.1) is 0 Å². The summed E-state index contributed by atoms with van der Waals surface area (Å²) >= 11 is 1.31. The standard InChI is InChI=1S/C20H25N3O4S/c1-23(19(26)17(24)7-5-3-4-6-8-18(21)25)20-22-16(13-28-20)14-9-11-15(27-2)12-10-14/h9-13H,3-8H2,1-2H3,(H2,21,25). The molecule has 0 unspecified atom stereocenters. The van der Waals surface area contributed by atoms with Gasteiger partial charge in [0.25, 0.3) is 5.91 Å². The normalized spacial score (nSPS) is 10.5. The third-order valence-corrected chi connectivity index (χ3v) is 5.20. The molecule has 0 bridgehead atoms. The van der Waals surface area contributed by atoms with Crippen molar-refractivity contribution in [1.82, 2.24) is 4.98 Å². The van der Waals surface area contributed by atoms with E-state index in [0.717, 1.165) is 29.8 Å². The zero-order valence-electron chi connectivity index (χ0n) is 16.1. The van der Waals surface area contributed by atoms with E-state index >= 15 is 0 Å². The second kappa shape index (κ2) is 10.6. The van der Waals surface area contributed by atoms with Gasteiger partial charge in [-0.1, -0.05) is 12.8 Å². The number of amides is 2. The van der Waals surface area contributed by atoms with Gasteiger partial charge < -0.3 is 10.5 Å². The van der Waals surface area contributed by atoms with E-state index in [1.54, 1.807) is 14.2 Å². The fourth-order valence-corrected chi connectivity index (χ4v) is 3.43. The lowest BCUT2D eigenvalue weighted by molar-refractivity contribution is -0.136. The van der Waals surface area contributed by atoms with E-state index in [2.05, 4.69) is 4.98 Å². The van der Waals surface area contributed by atoms with Crippen molar-refractivity contribution in [2.75, 3.05) is 19.1 Å². The minimum atomic E-state index is -0.562. The molecule has 0 aliphatic rings.